The van der Waals surface area contributed by atoms with E-state index in [1.807, 2.05) is 12.1 Å². The average molecular weight is 372 g/mol. The van der Waals surface area contributed by atoms with Crippen molar-refractivity contribution in [1.29, 1.82) is 0 Å². The van der Waals surface area contributed by atoms with Gasteiger partial charge in [0, 0.05) is 13.1 Å². The minimum Gasteiger partial charge on any atom is -0.469 e. The first-order valence-corrected chi connectivity index (χ1v) is 7.10. The fourth-order valence-corrected chi connectivity index (χ4v) is 2.83. The van der Waals surface area contributed by atoms with Crippen LogP contribution in [0.2, 0.25) is 0 Å². The number of hydrogen-bond donors (Lipinski definition) is 0. The second-order valence-corrected chi connectivity index (χ2v) is 5.60. The summed E-state index contributed by atoms with van der Waals surface area (Å²) in [6.07, 6.45) is 2.60. The number of hydrogen-bond acceptors (Lipinski definition) is 5. The summed E-state index contributed by atoms with van der Waals surface area (Å²) in [4.78, 5) is 17.9. The Morgan fingerprint density at radius 3 is 3.16 bits per heavy atom. The number of carbonyl (C=O) groups is 1. The molecule has 0 bridgehead atoms. The second-order valence-electron chi connectivity index (χ2n) is 4.50. The van der Waals surface area contributed by atoms with Gasteiger partial charge >= 0.3 is 5.97 Å². The van der Waals surface area contributed by atoms with Gasteiger partial charge in [-0.2, -0.15) is 0 Å². The number of halogens is 1. The van der Waals surface area contributed by atoms with E-state index < -0.39 is 0 Å². The van der Waals surface area contributed by atoms with Gasteiger partial charge in [-0.15, -0.1) is 5.10 Å². The summed E-state index contributed by atoms with van der Waals surface area (Å²) in [5.41, 5.74) is 0.830. The number of carbonyl (C=O) groups excluding carboxylic acids is 1. The molecule has 1 atom stereocenters. The summed E-state index contributed by atoms with van der Waals surface area (Å²) in [5, 5.41) is 4.56. The predicted molar refractivity (Wildman–Crippen MR) is 78.0 cm³/mol. The Morgan fingerprint density at radius 1 is 1.53 bits per heavy atom. The van der Waals surface area contributed by atoms with E-state index in [0.717, 1.165) is 28.1 Å². The highest BCUT2D eigenvalue weighted by molar-refractivity contribution is 14.1. The van der Waals surface area contributed by atoms with E-state index in [1.165, 1.54) is 7.11 Å². The van der Waals surface area contributed by atoms with Crippen LogP contribution in [0.5, 0.6) is 0 Å². The molecule has 7 heteroatoms. The molecule has 2 aromatic heterocycles. The molecule has 0 saturated carbocycles. The molecule has 0 aliphatic carbocycles. The molecule has 3 heterocycles. The van der Waals surface area contributed by atoms with Crippen molar-refractivity contribution < 1.29 is 9.53 Å². The van der Waals surface area contributed by atoms with E-state index in [-0.39, 0.29) is 11.9 Å². The Balaban J connectivity index is 1.85. The lowest BCUT2D eigenvalue weighted by Gasteiger charge is -2.16. The normalized spacial score (nSPS) is 19.1. The lowest BCUT2D eigenvalue weighted by Crippen LogP contribution is -2.24. The number of ether oxygens (including phenoxy) is 1. The maximum absolute atomic E-state index is 11.5. The number of methoxy groups -OCH3 is 1. The molecule has 2 aromatic rings. The van der Waals surface area contributed by atoms with Gasteiger partial charge in [0.05, 0.1) is 19.2 Å². The van der Waals surface area contributed by atoms with Crippen molar-refractivity contribution in [2.45, 2.75) is 6.42 Å². The first kappa shape index (κ1) is 12.6. The monoisotopic (exact) mass is 372 g/mol. The van der Waals surface area contributed by atoms with Crippen LogP contribution >= 0.6 is 22.6 Å². The molecule has 1 saturated heterocycles. The van der Waals surface area contributed by atoms with Crippen molar-refractivity contribution in [2.24, 2.45) is 5.92 Å². The van der Waals surface area contributed by atoms with E-state index in [1.54, 1.807) is 10.7 Å². The molecule has 0 spiro atoms. The van der Waals surface area contributed by atoms with E-state index in [2.05, 4.69) is 37.6 Å². The van der Waals surface area contributed by atoms with Crippen LogP contribution in [0.25, 0.3) is 5.65 Å². The number of rotatable bonds is 2. The smallest absolute Gasteiger partial charge is 0.310 e. The lowest BCUT2D eigenvalue weighted by molar-refractivity contribution is -0.144. The van der Waals surface area contributed by atoms with E-state index >= 15 is 0 Å². The highest BCUT2D eigenvalue weighted by Gasteiger charge is 2.29. The lowest BCUT2D eigenvalue weighted by atomic mass is 10.1. The van der Waals surface area contributed by atoms with Crippen molar-refractivity contribution in [3.63, 3.8) is 0 Å². The average Bonchev–Trinajstić information content (AvgIpc) is 3.05. The molecule has 100 valence electrons. The van der Waals surface area contributed by atoms with Gasteiger partial charge in [-0.3, -0.25) is 4.79 Å². The summed E-state index contributed by atoms with van der Waals surface area (Å²) in [6.45, 7) is 1.49. The van der Waals surface area contributed by atoms with Crippen LogP contribution in [0.4, 0.5) is 5.82 Å². The van der Waals surface area contributed by atoms with Crippen molar-refractivity contribution >= 4 is 40.0 Å². The molecule has 1 fully saturated rings. The summed E-state index contributed by atoms with van der Waals surface area (Å²) in [7, 11) is 1.43. The zero-order valence-electron chi connectivity index (χ0n) is 10.4. The van der Waals surface area contributed by atoms with E-state index in [4.69, 9.17) is 4.74 Å². The number of fused-ring (bicyclic) bond motifs is 1. The molecule has 6 nitrogen and oxygen atoms in total. The summed E-state index contributed by atoms with van der Waals surface area (Å²) < 4.78 is 7.57. The Hall–Kier alpha value is -1.38. The minimum atomic E-state index is -0.138. The highest BCUT2D eigenvalue weighted by atomic mass is 127. The third-order valence-electron chi connectivity index (χ3n) is 3.35. The summed E-state index contributed by atoms with van der Waals surface area (Å²) >= 11 is 2.20. The van der Waals surface area contributed by atoms with Gasteiger partial charge in [0.1, 0.15) is 9.52 Å². The quantitative estimate of drug-likeness (QED) is 0.588. The van der Waals surface area contributed by atoms with Crippen molar-refractivity contribution in [2.75, 3.05) is 25.1 Å². The Morgan fingerprint density at radius 2 is 2.37 bits per heavy atom. The number of anilines is 1. The topological polar surface area (TPSA) is 59.7 Å². The molecule has 3 rings (SSSR count). The molecule has 0 amide bonds. The molecule has 0 aromatic carbocycles. The minimum absolute atomic E-state index is 0.0515. The second kappa shape index (κ2) is 4.95. The zero-order valence-corrected chi connectivity index (χ0v) is 12.6. The molecular weight excluding hydrogens is 359 g/mol. The molecule has 1 aliphatic heterocycles. The number of imidazole rings is 1. The Labute approximate surface area is 123 Å². The van der Waals surface area contributed by atoms with Gasteiger partial charge in [0.25, 0.3) is 0 Å². The van der Waals surface area contributed by atoms with Gasteiger partial charge in [-0.25, -0.2) is 9.50 Å². The summed E-state index contributed by atoms with van der Waals surface area (Å²) in [6, 6.07) is 3.88. The Bertz CT molecular complexity index is 627. The van der Waals surface area contributed by atoms with Crippen LogP contribution in [0, 0.1) is 9.62 Å². The van der Waals surface area contributed by atoms with Gasteiger partial charge in [0.15, 0.2) is 5.65 Å². The fourth-order valence-electron chi connectivity index (χ4n) is 2.33. The van der Waals surface area contributed by atoms with Crippen LogP contribution < -0.4 is 4.90 Å². The van der Waals surface area contributed by atoms with E-state index in [0.29, 0.717) is 6.54 Å². The standard InChI is InChI=1S/C12H13IN4O2/c1-19-12(18)8-4-5-16(7-8)11-3-2-10-14-6-9(13)17(10)15-11/h2-3,6,8H,4-5,7H2,1H3/t8-/m1/s1. The van der Waals surface area contributed by atoms with Gasteiger partial charge in [0.2, 0.25) is 0 Å². The van der Waals surface area contributed by atoms with Gasteiger partial charge < -0.3 is 9.64 Å². The SMILES string of the molecule is COC(=O)[C@@H]1CCN(c2ccc3ncc(I)n3n2)C1. The highest BCUT2D eigenvalue weighted by Crippen LogP contribution is 2.23. The van der Waals surface area contributed by atoms with Crippen molar-refractivity contribution in [3.8, 4) is 0 Å². The molecule has 0 unspecified atom stereocenters. The number of nitrogens with zero attached hydrogens (tertiary/aromatic N) is 4. The van der Waals surface area contributed by atoms with Crippen molar-refractivity contribution in [3.05, 3.63) is 22.0 Å². The third-order valence-corrected chi connectivity index (χ3v) is 4.09. The molecule has 0 radical (unpaired) electrons. The van der Waals surface area contributed by atoms with E-state index in [9.17, 15) is 4.79 Å². The molecular formula is C12H13IN4O2. The van der Waals surface area contributed by atoms with Crippen molar-refractivity contribution in [1.82, 2.24) is 14.6 Å². The maximum atomic E-state index is 11.5. The maximum Gasteiger partial charge on any atom is 0.310 e. The van der Waals surface area contributed by atoms with Gasteiger partial charge in [-0.05, 0) is 41.1 Å². The zero-order chi connectivity index (χ0) is 13.4. The predicted octanol–water partition coefficient (Wildman–Crippen LogP) is 1.33. The van der Waals surface area contributed by atoms with Crippen LogP contribution in [-0.4, -0.2) is 40.8 Å². The number of esters is 1. The Kier molecular flexibility index (Phi) is 3.29. The largest absolute Gasteiger partial charge is 0.469 e. The van der Waals surface area contributed by atoms with Crippen LogP contribution in [0.1, 0.15) is 6.42 Å². The molecule has 0 N–H and O–H groups in total. The van der Waals surface area contributed by atoms with Crippen LogP contribution in [0.3, 0.4) is 0 Å². The fraction of sp³-hybridized carbons (Fsp3) is 0.417. The third kappa shape index (κ3) is 2.26. The number of aromatic nitrogens is 3. The van der Waals surface area contributed by atoms with Crippen LogP contribution in [-0.2, 0) is 9.53 Å². The summed E-state index contributed by atoms with van der Waals surface area (Å²) in [5.74, 6) is 0.681. The van der Waals surface area contributed by atoms with Crippen LogP contribution in [0.15, 0.2) is 18.3 Å². The first-order chi connectivity index (χ1) is 9.19. The first-order valence-electron chi connectivity index (χ1n) is 6.02. The molecule has 1 aliphatic rings. The molecule has 19 heavy (non-hydrogen) atoms. The van der Waals surface area contributed by atoms with Gasteiger partial charge in [-0.1, -0.05) is 0 Å².